The van der Waals surface area contributed by atoms with Gasteiger partial charge >= 0.3 is 17.1 Å². The highest BCUT2D eigenvalue weighted by molar-refractivity contribution is 6.83. The van der Waals surface area contributed by atoms with Crippen molar-refractivity contribution in [1.29, 1.82) is 0 Å². The average Bonchev–Trinajstić information content (AvgIpc) is 3.17. The maximum Gasteiger partial charge on any atom is 0.313 e. The predicted octanol–water partition coefficient (Wildman–Crippen LogP) is 9.17. The Morgan fingerprint density at radius 3 is 1.19 bits per heavy atom. The Kier molecular flexibility index (Phi) is 13.0. The van der Waals surface area contributed by atoms with Crippen molar-refractivity contribution < 1.29 is 25.4 Å². The zero-order valence-corrected chi connectivity index (χ0v) is 36.9. The number of hydrogen-bond acceptors (Lipinski definition) is 6. The highest BCUT2D eigenvalue weighted by atomic mass is 28.5. The van der Waals surface area contributed by atoms with Gasteiger partial charge in [-0.25, -0.2) is 0 Å². The van der Waals surface area contributed by atoms with Crippen LogP contribution in [0.15, 0.2) is 152 Å². The smallest absolute Gasteiger partial charge is 0.313 e. The van der Waals surface area contributed by atoms with E-state index in [1.165, 1.54) is 0 Å². The lowest BCUT2D eigenvalue weighted by Crippen LogP contribution is -2.52. The van der Waals surface area contributed by atoms with Crippen molar-refractivity contribution in [3.8, 4) is 55.6 Å². The molecule has 0 bridgehead atoms. The number of aldehydes is 1. The lowest BCUT2D eigenvalue weighted by atomic mass is 9.76. The summed E-state index contributed by atoms with van der Waals surface area (Å²) in [5.41, 5.74) is 11.1. The van der Waals surface area contributed by atoms with Crippen LogP contribution >= 0.6 is 0 Å². The van der Waals surface area contributed by atoms with E-state index in [0.717, 1.165) is 61.9 Å². The molecule has 0 aromatic heterocycles. The fraction of sp³-hybridized carbons (Fsp3) is 0.119. The van der Waals surface area contributed by atoms with E-state index in [4.69, 9.17) is 20.6 Å². The number of benzene rings is 6. The van der Waals surface area contributed by atoms with Crippen LogP contribution < -0.4 is 0 Å². The van der Waals surface area contributed by atoms with E-state index >= 15 is 0 Å². The van der Waals surface area contributed by atoms with Gasteiger partial charge in [-0.3, -0.25) is 4.79 Å². The van der Waals surface area contributed by atoms with E-state index < -0.39 is 46.4 Å². The van der Waals surface area contributed by atoms with Gasteiger partial charge in [-0.1, -0.05) is 152 Å². The quantitative estimate of drug-likeness (QED) is 0.124. The SMILES string of the molecule is C[SiH]1O[SiH2]O[SiH2]O[Si](C)(C)O[Si](C)(C)O1.O=Cc1c(-c2ccccc2)c(-c2ccccc2)c(-c2ccccc2)c(-c2ccccc2)c1-c1ccccc1. The van der Waals surface area contributed by atoms with Gasteiger partial charge in [0.15, 0.2) is 6.29 Å². The summed E-state index contributed by atoms with van der Waals surface area (Å²) in [7, 11) is -7.40. The lowest BCUT2D eigenvalue weighted by Gasteiger charge is -2.35. The topological polar surface area (TPSA) is 63.2 Å². The van der Waals surface area contributed by atoms with Gasteiger partial charge in [0, 0.05) is 16.7 Å². The van der Waals surface area contributed by atoms with Gasteiger partial charge in [-0.2, -0.15) is 0 Å². The molecule has 1 atom stereocenters. The van der Waals surface area contributed by atoms with E-state index in [2.05, 4.69) is 123 Å². The molecule has 6 aromatic rings. The molecule has 0 aliphatic carbocycles. The second-order valence-electron chi connectivity index (χ2n) is 13.6. The summed E-state index contributed by atoms with van der Waals surface area (Å²) in [5, 5.41) is 0. The van der Waals surface area contributed by atoms with Gasteiger partial charge in [0.25, 0.3) is 29.3 Å². The van der Waals surface area contributed by atoms with Crippen LogP contribution in [0.5, 0.6) is 0 Å². The highest BCUT2D eigenvalue weighted by Gasteiger charge is 2.38. The van der Waals surface area contributed by atoms with Crippen LogP contribution in [0.1, 0.15) is 10.4 Å². The Bertz CT molecular complexity index is 1980. The van der Waals surface area contributed by atoms with Crippen LogP contribution in [0.25, 0.3) is 55.6 Å². The number of rotatable bonds is 6. The van der Waals surface area contributed by atoms with Gasteiger partial charge in [0.1, 0.15) is 0 Å². The van der Waals surface area contributed by atoms with E-state index in [1.807, 2.05) is 61.1 Å². The first-order chi connectivity index (χ1) is 25.7. The molecule has 1 heterocycles. The maximum atomic E-state index is 13.2. The molecule has 11 heteroatoms. The summed E-state index contributed by atoms with van der Waals surface area (Å²) in [6, 6.07) is 52.0. The van der Waals surface area contributed by atoms with E-state index in [1.54, 1.807) is 0 Å². The molecule has 0 saturated carbocycles. The zero-order valence-electron chi connectivity index (χ0n) is 31.0. The molecular weight excluding hydrogens is 741 g/mol. The minimum atomic E-state index is -2.06. The third kappa shape index (κ3) is 9.71. The van der Waals surface area contributed by atoms with Crippen LogP contribution in [0, 0.1) is 0 Å². The molecule has 53 heavy (non-hydrogen) atoms. The second-order valence-corrected chi connectivity index (χ2v) is 26.7. The summed E-state index contributed by atoms with van der Waals surface area (Å²) < 4.78 is 28.7. The molecule has 1 unspecified atom stereocenters. The van der Waals surface area contributed by atoms with Crippen LogP contribution in [-0.2, 0) is 20.6 Å². The molecule has 0 amide bonds. The van der Waals surface area contributed by atoms with E-state index in [-0.39, 0.29) is 0 Å². The van der Waals surface area contributed by atoms with Crippen LogP contribution in [0.2, 0.25) is 32.7 Å². The Balaban J connectivity index is 0.000000270. The highest BCUT2D eigenvalue weighted by Crippen LogP contribution is 2.52. The first-order valence-electron chi connectivity index (χ1n) is 17.8. The average molecular weight is 787 g/mol. The van der Waals surface area contributed by atoms with Gasteiger partial charge in [-0.15, -0.1) is 0 Å². The van der Waals surface area contributed by atoms with Crippen LogP contribution in [0.3, 0.4) is 0 Å². The molecule has 1 aliphatic rings. The first kappa shape index (κ1) is 38.6. The zero-order chi connectivity index (χ0) is 37.3. The normalized spacial score (nSPS) is 17.7. The predicted molar refractivity (Wildman–Crippen MR) is 229 cm³/mol. The summed E-state index contributed by atoms with van der Waals surface area (Å²) in [5.74, 6) is 0. The van der Waals surface area contributed by atoms with E-state index in [9.17, 15) is 4.79 Å². The van der Waals surface area contributed by atoms with Crippen molar-refractivity contribution in [2.45, 2.75) is 32.7 Å². The number of hydrogen-bond donors (Lipinski definition) is 0. The van der Waals surface area contributed by atoms with Gasteiger partial charge in [0.2, 0.25) is 0 Å². The van der Waals surface area contributed by atoms with Crippen molar-refractivity contribution in [1.82, 2.24) is 0 Å². The molecule has 0 spiro atoms. The standard InChI is InChI=1S/C37H26O.C5H20O5Si5/c38-26-32-33(27-16-6-1-7-17-27)35(29-20-10-3-11-21-29)37(31-24-14-5-15-25-31)36(30-22-12-4-13-23-30)34(32)28-18-8-2-9-19-28;1-13-7-11-6-12-8-14(2,3)10-15(4,5)9-13/h1-26H;13H,11-12H2,1-5H3. The van der Waals surface area contributed by atoms with Crippen molar-refractivity contribution >= 4 is 52.7 Å². The molecule has 0 radical (unpaired) electrons. The minimum Gasteiger partial charge on any atom is -0.425 e. The molecule has 1 saturated heterocycles. The van der Waals surface area contributed by atoms with Gasteiger partial charge in [0.05, 0.1) is 0 Å². The molecule has 0 N–H and O–H groups in total. The molecule has 6 nitrogen and oxygen atoms in total. The summed E-state index contributed by atoms with van der Waals surface area (Å²) in [6.45, 7) is 10.3. The number of carbonyl (C=O) groups excluding carboxylic acids is 1. The first-order valence-corrected chi connectivity index (χ1v) is 27.9. The molecule has 1 fully saturated rings. The van der Waals surface area contributed by atoms with Gasteiger partial charge in [-0.05, 0) is 77.2 Å². The van der Waals surface area contributed by atoms with Crippen molar-refractivity contribution in [3.05, 3.63) is 157 Å². The number of carbonyl (C=O) groups is 1. The van der Waals surface area contributed by atoms with Crippen LogP contribution in [-0.4, -0.2) is 52.7 Å². The van der Waals surface area contributed by atoms with Gasteiger partial charge < -0.3 is 20.6 Å². The fourth-order valence-corrected chi connectivity index (χ4v) is 21.5. The second kappa shape index (κ2) is 17.8. The molecule has 7 rings (SSSR count). The molecule has 270 valence electrons. The Morgan fingerprint density at radius 1 is 0.491 bits per heavy atom. The summed E-state index contributed by atoms with van der Waals surface area (Å²) >= 11 is 0. The Morgan fingerprint density at radius 2 is 0.830 bits per heavy atom. The van der Waals surface area contributed by atoms with Crippen molar-refractivity contribution in [3.63, 3.8) is 0 Å². The lowest BCUT2D eigenvalue weighted by molar-refractivity contribution is 0.112. The monoisotopic (exact) mass is 786 g/mol. The fourth-order valence-electron chi connectivity index (χ4n) is 6.82. The van der Waals surface area contributed by atoms with Crippen molar-refractivity contribution in [2.24, 2.45) is 0 Å². The third-order valence-electron chi connectivity index (χ3n) is 8.79. The molecule has 1 aliphatic heterocycles. The summed E-state index contributed by atoms with van der Waals surface area (Å²) in [4.78, 5) is 13.2. The largest absolute Gasteiger partial charge is 0.425 e. The molecule has 6 aromatic carbocycles. The third-order valence-corrected chi connectivity index (χ3v) is 23.3. The summed E-state index contributed by atoms with van der Waals surface area (Å²) in [6.07, 6.45) is 1.04. The Labute approximate surface area is 322 Å². The van der Waals surface area contributed by atoms with E-state index in [0.29, 0.717) is 5.56 Å². The van der Waals surface area contributed by atoms with Crippen LogP contribution in [0.4, 0.5) is 0 Å². The Hall–Kier alpha value is -4.13. The minimum absolute atomic E-state index is 0.694. The van der Waals surface area contributed by atoms with Crippen molar-refractivity contribution in [2.75, 3.05) is 0 Å². The maximum absolute atomic E-state index is 13.2. The molecular formula is C42H46O6Si5.